The number of methoxy groups -OCH3 is 3. The molecule has 1 aromatic carbocycles. The quantitative estimate of drug-likeness (QED) is 0.613. The highest BCUT2D eigenvalue weighted by atomic mass is 16.5. The molecule has 4 rings (SSSR count). The molecule has 0 unspecified atom stereocenters. The van der Waals surface area contributed by atoms with E-state index in [4.69, 9.17) is 14.2 Å². The molecular weight excluding hydrogens is 394 g/mol. The Balaban J connectivity index is 1.48. The fourth-order valence-electron chi connectivity index (χ4n) is 3.83. The second-order valence-electron chi connectivity index (χ2n) is 7.15. The summed E-state index contributed by atoms with van der Waals surface area (Å²) >= 11 is 0. The second-order valence-corrected chi connectivity index (χ2v) is 7.15. The highest BCUT2D eigenvalue weighted by molar-refractivity contribution is 5.94. The fourth-order valence-corrected chi connectivity index (χ4v) is 3.83. The number of aromatic amines is 1. The van der Waals surface area contributed by atoms with Gasteiger partial charge in [-0.05, 0) is 53.5 Å². The van der Waals surface area contributed by atoms with Crippen LogP contribution >= 0.6 is 0 Å². The molecule has 0 saturated carbocycles. The maximum atomic E-state index is 12.7. The van der Waals surface area contributed by atoms with E-state index in [0.29, 0.717) is 30.3 Å². The lowest BCUT2D eigenvalue weighted by atomic mass is 9.98. The van der Waals surface area contributed by atoms with Crippen molar-refractivity contribution in [3.05, 3.63) is 59.9 Å². The molecule has 7 nitrogen and oxygen atoms in total. The maximum Gasteiger partial charge on any atom is 0.246 e. The van der Waals surface area contributed by atoms with Crippen LogP contribution in [0, 0.1) is 0 Å². The predicted molar refractivity (Wildman–Crippen MR) is 120 cm³/mol. The molecule has 0 aliphatic carbocycles. The number of pyridine rings is 1. The Kier molecular flexibility index (Phi) is 5.93. The van der Waals surface area contributed by atoms with Crippen molar-refractivity contribution >= 4 is 28.6 Å². The van der Waals surface area contributed by atoms with Crippen LogP contribution in [0.1, 0.15) is 17.5 Å². The van der Waals surface area contributed by atoms with Crippen LogP contribution in [0.2, 0.25) is 0 Å². The minimum absolute atomic E-state index is 0.0365. The molecule has 2 aromatic heterocycles. The minimum Gasteiger partial charge on any atom is -0.493 e. The molecule has 0 radical (unpaired) electrons. The van der Waals surface area contributed by atoms with Crippen molar-refractivity contribution in [1.82, 2.24) is 14.9 Å². The van der Waals surface area contributed by atoms with Crippen LogP contribution < -0.4 is 14.2 Å². The van der Waals surface area contributed by atoms with E-state index in [1.165, 1.54) is 11.1 Å². The average Bonchev–Trinajstić information content (AvgIpc) is 3.31. The highest BCUT2D eigenvalue weighted by Crippen LogP contribution is 2.38. The van der Waals surface area contributed by atoms with Gasteiger partial charge in [-0.3, -0.25) is 4.79 Å². The van der Waals surface area contributed by atoms with Crippen LogP contribution in [-0.2, 0) is 4.79 Å². The molecular formula is C24H25N3O4. The predicted octanol–water partition coefficient (Wildman–Crippen LogP) is 3.92. The number of carbonyl (C=O) groups excluding carboxylic acids is 1. The van der Waals surface area contributed by atoms with Gasteiger partial charge in [0.05, 0.1) is 21.3 Å². The van der Waals surface area contributed by atoms with E-state index in [1.807, 2.05) is 41.6 Å². The van der Waals surface area contributed by atoms with Crippen LogP contribution in [-0.4, -0.2) is 55.2 Å². The van der Waals surface area contributed by atoms with Gasteiger partial charge < -0.3 is 24.1 Å². The number of hydrogen-bond donors (Lipinski definition) is 1. The molecule has 1 aliphatic heterocycles. The Morgan fingerprint density at radius 1 is 1.13 bits per heavy atom. The molecule has 0 spiro atoms. The summed E-state index contributed by atoms with van der Waals surface area (Å²) in [5.41, 5.74) is 4.09. The molecule has 7 heteroatoms. The third-order valence-electron chi connectivity index (χ3n) is 5.43. The monoisotopic (exact) mass is 419 g/mol. The van der Waals surface area contributed by atoms with Gasteiger partial charge >= 0.3 is 0 Å². The zero-order chi connectivity index (χ0) is 21.8. The molecule has 31 heavy (non-hydrogen) atoms. The highest BCUT2D eigenvalue weighted by Gasteiger charge is 2.18. The third-order valence-corrected chi connectivity index (χ3v) is 5.43. The van der Waals surface area contributed by atoms with Crippen molar-refractivity contribution in [2.45, 2.75) is 6.42 Å². The zero-order valence-electron chi connectivity index (χ0n) is 17.8. The molecule has 160 valence electrons. The number of benzene rings is 1. The number of fused-ring (bicyclic) bond motifs is 1. The normalized spacial score (nSPS) is 14.0. The fraction of sp³-hybridized carbons (Fsp3) is 0.250. The SMILES string of the molecule is COc1cc(/C=C/C(=O)N2CC=C(c3ccnc4[nH]ccc34)CC2)cc(OC)c1OC. The van der Waals surface area contributed by atoms with Crippen molar-refractivity contribution < 1.29 is 19.0 Å². The first kappa shape index (κ1) is 20.5. The van der Waals surface area contributed by atoms with Crippen LogP contribution in [0.15, 0.2) is 48.8 Å². The maximum absolute atomic E-state index is 12.7. The minimum atomic E-state index is -0.0365. The summed E-state index contributed by atoms with van der Waals surface area (Å²) < 4.78 is 16.1. The Morgan fingerprint density at radius 3 is 2.55 bits per heavy atom. The first-order valence-electron chi connectivity index (χ1n) is 10.0. The van der Waals surface area contributed by atoms with Crippen molar-refractivity contribution in [2.75, 3.05) is 34.4 Å². The Labute approximate surface area is 180 Å². The molecule has 1 amide bonds. The van der Waals surface area contributed by atoms with Crippen LogP contribution in [0.5, 0.6) is 17.2 Å². The Morgan fingerprint density at radius 2 is 1.90 bits per heavy atom. The van der Waals surface area contributed by atoms with Crippen molar-refractivity contribution in [2.24, 2.45) is 0 Å². The summed E-state index contributed by atoms with van der Waals surface area (Å²) in [7, 11) is 4.69. The number of carbonyl (C=O) groups is 1. The molecule has 1 aliphatic rings. The van der Waals surface area contributed by atoms with Crippen molar-refractivity contribution in [3.63, 3.8) is 0 Å². The zero-order valence-corrected chi connectivity index (χ0v) is 17.8. The average molecular weight is 419 g/mol. The molecule has 0 saturated heterocycles. The third kappa shape index (κ3) is 4.12. The van der Waals surface area contributed by atoms with E-state index < -0.39 is 0 Å². The molecule has 0 fully saturated rings. The first-order valence-corrected chi connectivity index (χ1v) is 10.0. The number of H-pyrrole nitrogens is 1. The van der Waals surface area contributed by atoms with E-state index in [-0.39, 0.29) is 5.91 Å². The molecule has 0 atom stereocenters. The summed E-state index contributed by atoms with van der Waals surface area (Å²) in [6, 6.07) is 7.69. The van der Waals surface area contributed by atoms with Gasteiger partial charge in [-0.1, -0.05) is 6.08 Å². The van der Waals surface area contributed by atoms with Crippen LogP contribution in [0.25, 0.3) is 22.7 Å². The lowest BCUT2D eigenvalue weighted by Crippen LogP contribution is -2.33. The summed E-state index contributed by atoms with van der Waals surface area (Å²) in [5, 5.41) is 1.11. The van der Waals surface area contributed by atoms with E-state index in [2.05, 4.69) is 16.0 Å². The van der Waals surface area contributed by atoms with Gasteiger partial charge in [0.1, 0.15) is 5.65 Å². The van der Waals surface area contributed by atoms with Gasteiger partial charge in [-0.25, -0.2) is 4.98 Å². The van der Waals surface area contributed by atoms with Gasteiger partial charge in [0, 0.05) is 36.9 Å². The number of rotatable bonds is 6. The van der Waals surface area contributed by atoms with Crippen LogP contribution in [0.4, 0.5) is 0 Å². The second kappa shape index (κ2) is 8.95. The number of nitrogens with zero attached hydrogens (tertiary/aromatic N) is 2. The molecule has 1 N–H and O–H groups in total. The summed E-state index contributed by atoms with van der Waals surface area (Å²) in [6.07, 6.45) is 9.97. The smallest absolute Gasteiger partial charge is 0.246 e. The first-order chi connectivity index (χ1) is 15.1. The molecule has 3 heterocycles. The van der Waals surface area contributed by atoms with Gasteiger partial charge in [-0.2, -0.15) is 0 Å². The van der Waals surface area contributed by atoms with Crippen molar-refractivity contribution in [1.29, 1.82) is 0 Å². The number of hydrogen-bond acceptors (Lipinski definition) is 5. The number of ether oxygens (including phenoxy) is 3. The topological polar surface area (TPSA) is 76.7 Å². The Bertz CT molecular complexity index is 1140. The van der Waals surface area contributed by atoms with Crippen molar-refractivity contribution in [3.8, 4) is 17.2 Å². The number of aromatic nitrogens is 2. The van der Waals surface area contributed by atoms with Gasteiger partial charge in [-0.15, -0.1) is 0 Å². The molecule has 0 bridgehead atoms. The summed E-state index contributed by atoms with van der Waals surface area (Å²) in [6.45, 7) is 1.24. The van der Waals surface area contributed by atoms with E-state index >= 15 is 0 Å². The number of amides is 1. The van der Waals surface area contributed by atoms with Crippen LogP contribution in [0.3, 0.4) is 0 Å². The largest absolute Gasteiger partial charge is 0.493 e. The van der Waals surface area contributed by atoms with E-state index in [0.717, 1.165) is 23.0 Å². The van der Waals surface area contributed by atoms with E-state index in [1.54, 1.807) is 33.5 Å². The lowest BCUT2D eigenvalue weighted by Gasteiger charge is -2.26. The Hall–Kier alpha value is -3.74. The summed E-state index contributed by atoms with van der Waals surface area (Å²) in [5.74, 6) is 1.58. The summed E-state index contributed by atoms with van der Waals surface area (Å²) in [4.78, 5) is 22.0. The van der Waals surface area contributed by atoms with Gasteiger partial charge in [0.15, 0.2) is 11.5 Å². The van der Waals surface area contributed by atoms with E-state index in [9.17, 15) is 4.79 Å². The number of nitrogens with one attached hydrogen (secondary N) is 1. The van der Waals surface area contributed by atoms with Gasteiger partial charge in [0.25, 0.3) is 0 Å². The van der Waals surface area contributed by atoms with Gasteiger partial charge in [0.2, 0.25) is 11.7 Å². The molecule has 3 aromatic rings. The standard InChI is InChI=1S/C24H25N3O4/c1-29-20-14-16(15-21(30-2)23(20)31-3)4-5-22(28)27-12-8-17(9-13-27)18-6-10-25-24-19(18)7-11-26-24/h4-8,10-11,14-15H,9,12-13H2,1-3H3,(H,25,26)/b5-4+. The lowest BCUT2D eigenvalue weighted by molar-refractivity contribution is -0.125.